The molecule has 1 aromatic carbocycles. The lowest BCUT2D eigenvalue weighted by Gasteiger charge is -1.90. The predicted octanol–water partition coefficient (Wildman–Crippen LogP) is 3.95. The predicted molar refractivity (Wildman–Crippen MR) is 74.0 cm³/mol. The van der Waals surface area contributed by atoms with E-state index in [4.69, 9.17) is 0 Å². The van der Waals surface area contributed by atoms with Crippen molar-refractivity contribution >= 4 is 21.4 Å². The van der Waals surface area contributed by atoms with Crippen molar-refractivity contribution in [3.05, 3.63) is 46.9 Å². The van der Waals surface area contributed by atoms with Crippen molar-refractivity contribution in [2.24, 2.45) is 0 Å². The van der Waals surface area contributed by atoms with E-state index in [1.54, 1.807) is 11.3 Å². The van der Waals surface area contributed by atoms with E-state index in [0.717, 1.165) is 23.3 Å². The van der Waals surface area contributed by atoms with Crippen molar-refractivity contribution in [1.29, 1.82) is 0 Å². The summed E-state index contributed by atoms with van der Waals surface area (Å²) in [5, 5.41) is 1.24. The number of thiophene rings is 1. The van der Waals surface area contributed by atoms with Crippen molar-refractivity contribution in [3.63, 3.8) is 0 Å². The van der Waals surface area contributed by atoms with Crippen LogP contribution in [0.15, 0.2) is 36.4 Å². The zero-order valence-corrected chi connectivity index (χ0v) is 10.1. The van der Waals surface area contributed by atoms with Gasteiger partial charge in [0.2, 0.25) is 0 Å². The van der Waals surface area contributed by atoms with Crippen LogP contribution in [0.5, 0.6) is 0 Å². The van der Waals surface area contributed by atoms with Gasteiger partial charge in [-0.2, -0.15) is 0 Å². The molecule has 0 N–H and O–H groups in total. The van der Waals surface area contributed by atoms with Crippen LogP contribution in [0, 0.1) is 23.7 Å². The van der Waals surface area contributed by atoms with E-state index in [0.29, 0.717) is 0 Å². The van der Waals surface area contributed by atoms with Crippen LogP contribution in [-0.2, 0) is 0 Å². The van der Waals surface area contributed by atoms with Crippen molar-refractivity contribution in [2.45, 2.75) is 12.8 Å². The normalized spacial score (nSPS) is 15.1. The third-order valence-corrected chi connectivity index (χ3v) is 3.72. The fraction of sp³-hybridized carbons (Fsp3) is 0.125. The maximum Gasteiger partial charge on any atom is 0.0940 e. The first-order valence-corrected chi connectivity index (χ1v) is 6.44. The number of hydrogen-bond donors (Lipinski definition) is 0. The van der Waals surface area contributed by atoms with Crippen molar-refractivity contribution in [1.82, 2.24) is 0 Å². The Balaban J connectivity index is 2.29. The number of fused-ring (bicyclic) bond motifs is 3. The molecule has 0 unspecified atom stereocenters. The molecule has 1 heterocycles. The van der Waals surface area contributed by atoms with Crippen LogP contribution < -0.4 is 0 Å². The lowest BCUT2D eigenvalue weighted by molar-refractivity contribution is 1.09. The van der Waals surface area contributed by atoms with E-state index < -0.39 is 0 Å². The Labute approximate surface area is 105 Å². The minimum Gasteiger partial charge on any atom is -0.125 e. The minimum atomic E-state index is 0.905. The van der Waals surface area contributed by atoms with E-state index in [9.17, 15) is 0 Å². The monoisotopic (exact) mass is 234 g/mol. The Morgan fingerprint density at radius 3 is 3.06 bits per heavy atom. The lowest BCUT2D eigenvalue weighted by atomic mass is 10.1. The molecule has 0 aliphatic heterocycles. The molecular weight excluding hydrogens is 224 g/mol. The summed E-state index contributed by atoms with van der Waals surface area (Å²) in [6, 6.07) is 8.38. The van der Waals surface area contributed by atoms with E-state index >= 15 is 0 Å². The van der Waals surface area contributed by atoms with Gasteiger partial charge >= 0.3 is 0 Å². The summed E-state index contributed by atoms with van der Waals surface area (Å²) in [6.45, 7) is 0. The molecule has 0 bridgehead atoms. The van der Waals surface area contributed by atoms with Gasteiger partial charge in [0.25, 0.3) is 0 Å². The molecule has 0 saturated carbocycles. The zero-order chi connectivity index (χ0) is 11.5. The Bertz CT molecular complexity index is 709. The third-order valence-electron chi connectivity index (χ3n) is 2.63. The summed E-state index contributed by atoms with van der Waals surface area (Å²) in [7, 11) is 0. The van der Waals surface area contributed by atoms with E-state index in [1.807, 2.05) is 6.08 Å². The molecular formula is C16H10S. The van der Waals surface area contributed by atoms with Gasteiger partial charge in [-0.05, 0) is 24.5 Å². The molecule has 0 amide bonds. The van der Waals surface area contributed by atoms with Crippen LogP contribution in [0.4, 0.5) is 0 Å². The van der Waals surface area contributed by atoms with Crippen LogP contribution in [0.25, 0.3) is 10.1 Å². The average molecular weight is 234 g/mol. The summed E-state index contributed by atoms with van der Waals surface area (Å²) >= 11 is 1.73. The largest absolute Gasteiger partial charge is 0.125 e. The molecule has 1 heteroatoms. The summed E-state index contributed by atoms with van der Waals surface area (Å²) < 4.78 is 1.27. The highest BCUT2D eigenvalue weighted by Crippen LogP contribution is 2.30. The quantitative estimate of drug-likeness (QED) is 0.605. The Hall–Kier alpha value is -1.96. The second-order valence-corrected chi connectivity index (χ2v) is 4.87. The van der Waals surface area contributed by atoms with E-state index in [-0.39, 0.29) is 0 Å². The Morgan fingerprint density at radius 1 is 1.12 bits per heavy atom. The highest BCUT2D eigenvalue weighted by molar-refractivity contribution is 7.19. The first-order valence-electron chi connectivity index (χ1n) is 5.62. The first kappa shape index (κ1) is 10.2. The minimum absolute atomic E-state index is 0.905. The molecule has 3 rings (SSSR count). The van der Waals surface area contributed by atoms with Gasteiger partial charge in [0, 0.05) is 16.5 Å². The van der Waals surface area contributed by atoms with Crippen LogP contribution in [0.2, 0.25) is 0 Å². The average Bonchev–Trinajstić information content (AvgIpc) is 2.72. The molecule has 1 aliphatic carbocycles. The van der Waals surface area contributed by atoms with E-state index in [1.165, 1.54) is 10.1 Å². The van der Waals surface area contributed by atoms with Crippen molar-refractivity contribution in [2.75, 3.05) is 0 Å². The number of rotatable bonds is 0. The molecule has 80 valence electrons. The first-order chi connectivity index (χ1) is 8.45. The second-order valence-electron chi connectivity index (χ2n) is 3.81. The van der Waals surface area contributed by atoms with Crippen molar-refractivity contribution < 1.29 is 0 Å². The molecule has 2 aromatic rings. The number of allylic oxidation sites excluding steroid dienone is 2. The SMILES string of the molecule is C1#Cc2sc3ccccc3c2C#CCC/C=C\1. The van der Waals surface area contributed by atoms with Crippen LogP contribution in [0.3, 0.4) is 0 Å². The van der Waals surface area contributed by atoms with Crippen LogP contribution in [-0.4, -0.2) is 0 Å². The Kier molecular flexibility index (Phi) is 2.70. The molecule has 0 atom stereocenters. The van der Waals surface area contributed by atoms with Gasteiger partial charge in [0.15, 0.2) is 0 Å². The fourth-order valence-corrected chi connectivity index (χ4v) is 2.83. The summed E-state index contributed by atoms with van der Waals surface area (Å²) in [4.78, 5) is 1.09. The third kappa shape index (κ3) is 1.98. The Morgan fingerprint density at radius 2 is 2.06 bits per heavy atom. The van der Waals surface area contributed by atoms with Gasteiger partial charge in [-0.1, -0.05) is 42.0 Å². The zero-order valence-electron chi connectivity index (χ0n) is 9.29. The maximum absolute atomic E-state index is 3.28. The van der Waals surface area contributed by atoms with Gasteiger partial charge in [0.05, 0.1) is 10.4 Å². The smallest absolute Gasteiger partial charge is 0.0940 e. The maximum atomic E-state index is 3.28. The second kappa shape index (κ2) is 4.50. The summed E-state index contributed by atoms with van der Waals surface area (Å²) in [5.74, 6) is 12.8. The molecule has 0 spiro atoms. The highest BCUT2D eigenvalue weighted by atomic mass is 32.1. The molecule has 17 heavy (non-hydrogen) atoms. The number of benzene rings is 1. The summed E-state index contributed by atoms with van der Waals surface area (Å²) in [6.07, 6.45) is 5.90. The molecule has 0 fully saturated rings. The van der Waals surface area contributed by atoms with Gasteiger partial charge in [0.1, 0.15) is 0 Å². The van der Waals surface area contributed by atoms with Gasteiger partial charge < -0.3 is 0 Å². The molecule has 0 nitrogen and oxygen atoms in total. The van der Waals surface area contributed by atoms with E-state index in [2.05, 4.69) is 54.0 Å². The summed E-state index contributed by atoms with van der Waals surface area (Å²) in [5.41, 5.74) is 1.10. The standard InChI is InChI=1S/C16H10S/c1-2-4-6-11-15-13(9-5-3-1)14-10-7-8-12-16(14)17-15/h2,4,7-8,10,12H,1,3H2/b4-2-. The fourth-order valence-electron chi connectivity index (χ4n) is 1.81. The van der Waals surface area contributed by atoms with Crippen LogP contribution >= 0.6 is 11.3 Å². The topological polar surface area (TPSA) is 0 Å². The number of hydrogen-bond acceptors (Lipinski definition) is 1. The molecule has 0 saturated heterocycles. The molecule has 1 aliphatic rings. The van der Waals surface area contributed by atoms with Gasteiger partial charge in [-0.3, -0.25) is 0 Å². The molecule has 0 radical (unpaired) electrons. The van der Waals surface area contributed by atoms with Crippen LogP contribution in [0.1, 0.15) is 23.3 Å². The lowest BCUT2D eigenvalue weighted by Crippen LogP contribution is -1.77. The molecule has 1 aromatic heterocycles. The van der Waals surface area contributed by atoms with Gasteiger partial charge in [-0.15, -0.1) is 11.3 Å². The highest BCUT2D eigenvalue weighted by Gasteiger charge is 2.07. The van der Waals surface area contributed by atoms with Gasteiger partial charge in [-0.25, -0.2) is 0 Å². The van der Waals surface area contributed by atoms with Crippen molar-refractivity contribution in [3.8, 4) is 23.7 Å².